The SMILES string of the molecule is CC1(C(=O)O)CCCN(C2CC3CCC2C3)C1. The van der Waals surface area contributed by atoms with Gasteiger partial charge in [-0.3, -0.25) is 9.69 Å². The second-order valence-electron chi connectivity index (χ2n) is 6.68. The Hall–Kier alpha value is -0.570. The Morgan fingerprint density at radius 3 is 2.76 bits per heavy atom. The van der Waals surface area contributed by atoms with Crippen molar-refractivity contribution in [2.75, 3.05) is 13.1 Å². The van der Waals surface area contributed by atoms with E-state index in [1.807, 2.05) is 6.92 Å². The molecule has 17 heavy (non-hydrogen) atoms. The van der Waals surface area contributed by atoms with Crippen LogP contribution in [0.3, 0.4) is 0 Å². The standard InChI is InChI=1S/C14H23NO2/c1-14(13(16)17)5-2-6-15(9-14)12-8-10-3-4-11(12)7-10/h10-12H,2-9H2,1H3,(H,16,17). The van der Waals surface area contributed by atoms with Gasteiger partial charge in [-0.05, 0) is 57.4 Å². The van der Waals surface area contributed by atoms with Crippen LogP contribution in [-0.4, -0.2) is 35.1 Å². The van der Waals surface area contributed by atoms with Crippen LogP contribution in [-0.2, 0) is 4.79 Å². The Bertz CT molecular complexity index is 330. The van der Waals surface area contributed by atoms with E-state index < -0.39 is 11.4 Å². The zero-order valence-electron chi connectivity index (χ0n) is 10.7. The topological polar surface area (TPSA) is 40.5 Å². The lowest BCUT2D eigenvalue weighted by atomic mass is 9.80. The van der Waals surface area contributed by atoms with Gasteiger partial charge in [0.25, 0.3) is 0 Å². The molecule has 1 heterocycles. The molecular weight excluding hydrogens is 214 g/mol. The van der Waals surface area contributed by atoms with Gasteiger partial charge in [-0.1, -0.05) is 6.42 Å². The van der Waals surface area contributed by atoms with Gasteiger partial charge >= 0.3 is 5.97 Å². The molecule has 4 atom stereocenters. The molecule has 3 nitrogen and oxygen atoms in total. The predicted octanol–water partition coefficient (Wildman–Crippen LogP) is 2.36. The molecule has 2 bridgehead atoms. The summed E-state index contributed by atoms with van der Waals surface area (Å²) in [5, 5.41) is 9.36. The highest BCUT2D eigenvalue weighted by Crippen LogP contribution is 2.48. The van der Waals surface area contributed by atoms with E-state index in [1.165, 1.54) is 25.7 Å². The first-order valence-corrected chi connectivity index (χ1v) is 7.06. The number of hydrogen-bond donors (Lipinski definition) is 1. The van der Waals surface area contributed by atoms with Crippen molar-refractivity contribution in [3.63, 3.8) is 0 Å². The monoisotopic (exact) mass is 237 g/mol. The molecule has 1 N–H and O–H groups in total. The smallest absolute Gasteiger partial charge is 0.310 e. The maximum absolute atomic E-state index is 11.4. The van der Waals surface area contributed by atoms with Crippen LogP contribution in [0.15, 0.2) is 0 Å². The number of aliphatic carboxylic acids is 1. The number of nitrogens with zero attached hydrogens (tertiary/aromatic N) is 1. The molecule has 3 fully saturated rings. The van der Waals surface area contributed by atoms with E-state index in [-0.39, 0.29) is 0 Å². The minimum absolute atomic E-state index is 0.500. The van der Waals surface area contributed by atoms with Gasteiger partial charge in [-0.15, -0.1) is 0 Å². The average Bonchev–Trinajstić information content (AvgIpc) is 2.90. The molecule has 0 spiro atoms. The van der Waals surface area contributed by atoms with Crippen LogP contribution in [0.2, 0.25) is 0 Å². The van der Waals surface area contributed by atoms with Gasteiger partial charge in [0.2, 0.25) is 0 Å². The van der Waals surface area contributed by atoms with Gasteiger partial charge in [-0.25, -0.2) is 0 Å². The molecule has 0 aromatic heterocycles. The average molecular weight is 237 g/mol. The van der Waals surface area contributed by atoms with E-state index in [0.29, 0.717) is 6.04 Å². The van der Waals surface area contributed by atoms with Crippen molar-refractivity contribution >= 4 is 5.97 Å². The molecule has 3 rings (SSSR count). The van der Waals surface area contributed by atoms with Crippen molar-refractivity contribution in [3.05, 3.63) is 0 Å². The fourth-order valence-corrected chi connectivity index (χ4v) is 4.39. The highest BCUT2D eigenvalue weighted by Gasteiger charge is 2.46. The van der Waals surface area contributed by atoms with Gasteiger partial charge < -0.3 is 5.11 Å². The number of rotatable bonds is 2. The zero-order valence-corrected chi connectivity index (χ0v) is 10.7. The number of carboxylic acid groups (broad SMARTS) is 1. The van der Waals surface area contributed by atoms with Crippen LogP contribution >= 0.6 is 0 Å². The summed E-state index contributed by atoms with van der Waals surface area (Å²) >= 11 is 0. The third-order valence-electron chi connectivity index (χ3n) is 5.41. The summed E-state index contributed by atoms with van der Waals surface area (Å²) in [4.78, 5) is 13.9. The lowest BCUT2D eigenvalue weighted by Gasteiger charge is -2.43. The maximum Gasteiger partial charge on any atom is 0.310 e. The number of piperidine rings is 1. The van der Waals surface area contributed by atoms with Crippen LogP contribution < -0.4 is 0 Å². The molecule has 1 aliphatic heterocycles. The molecule has 2 saturated carbocycles. The molecule has 0 aromatic carbocycles. The summed E-state index contributed by atoms with van der Waals surface area (Å²) in [6.07, 6.45) is 7.45. The summed E-state index contributed by atoms with van der Waals surface area (Å²) < 4.78 is 0. The van der Waals surface area contributed by atoms with Crippen LogP contribution in [0.25, 0.3) is 0 Å². The number of likely N-dealkylation sites (tertiary alicyclic amines) is 1. The Morgan fingerprint density at radius 1 is 1.35 bits per heavy atom. The van der Waals surface area contributed by atoms with Crippen molar-refractivity contribution in [2.24, 2.45) is 17.3 Å². The molecule has 1 saturated heterocycles. The van der Waals surface area contributed by atoms with Crippen molar-refractivity contribution in [1.82, 2.24) is 4.90 Å². The number of fused-ring (bicyclic) bond motifs is 2. The Balaban J connectivity index is 1.70. The van der Waals surface area contributed by atoms with Crippen LogP contribution in [0.1, 0.15) is 45.4 Å². The molecule has 0 radical (unpaired) electrons. The normalized spacial score (nSPS) is 46.3. The van der Waals surface area contributed by atoms with E-state index in [4.69, 9.17) is 0 Å². The van der Waals surface area contributed by atoms with Gasteiger partial charge in [0, 0.05) is 12.6 Å². The molecule has 0 aromatic rings. The summed E-state index contributed by atoms with van der Waals surface area (Å²) in [6, 6.07) is 0.702. The highest BCUT2D eigenvalue weighted by molar-refractivity contribution is 5.74. The van der Waals surface area contributed by atoms with Gasteiger partial charge in [0.15, 0.2) is 0 Å². The fraction of sp³-hybridized carbons (Fsp3) is 0.929. The number of hydrogen-bond acceptors (Lipinski definition) is 2. The first-order valence-electron chi connectivity index (χ1n) is 7.06. The zero-order chi connectivity index (χ0) is 12.0. The maximum atomic E-state index is 11.4. The molecule has 4 unspecified atom stereocenters. The van der Waals surface area contributed by atoms with E-state index in [0.717, 1.165) is 37.8 Å². The van der Waals surface area contributed by atoms with Gasteiger partial charge in [-0.2, -0.15) is 0 Å². The third-order valence-corrected chi connectivity index (χ3v) is 5.41. The number of carbonyl (C=O) groups is 1. The fourth-order valence-electron chi connectivity index (χ4n) is 4.39. The summed E-state index contributed by atoms with van der Waals surface area (Å²) in [5.74, 6) is 1.21. The van der Waals surface area contributed by atoms with E-state index in [9.17, 15) is 9.90 Å². The Labute approximate surface area is 103 Å². The van der Waals surface area contributed by atoms with Crippen molar-refractivity contribution < 1.29 is 9.90 Å². The molecule has 3 aliphatic rings. The minimum Gasteiger partial charge on any atom is -0.481 e. The first-order chi connectivity index (χ1) is 8.08. The lowest BCUT2D eigenvalue weighted by molar-refractivity contribution is -0.152. The van der Waals surface area contributed by atoms with E-state index >= 15 is 0 Å². The largest absolute Gasteiger partial charge is 0.481 e. The lowest BCUT2D eigenvalue weighted by Crippen LogP contribution is -2.51. The molecule has 96 valence electrons. The van der Waals surface area contributed by atoms with Crippen molar-refractivity contribution in [1.29, 1.82) is 0 Å². The van der Waals surface area contributed by atoms with E-state index in [2.05, 4.69) is 4.90 Å². The van der Waals surface area contributed by atoms with Crippen LogP contribution in [0, 0.1) is 17.3 Å². The molecule has 0 amide bonds. The van der Waals surface area contributed by atoms with E-state index in [1.54, 1.807) is 0 Å². The quantitative estimate of drug-likeness (QED) is 0.801. The molecule has 3 heteroatoms. The van der Waals surface area contributed by atoms with Crippen molar-refractivity contribution in [3.8, 4) is 0 Å². The molecule has 2 aliphatic carbocycles. The third kappa shape index (κ3) is 1.88. The Kier molecular flexibility index (Phi) is 2.69. The van der Waals surface area contributed by atoms with Crippen LogP contribution in [0.4, 0.5) is 0 Å². The van der Waals surface area contributed by atoms with Gasteiger partial charge in [0.05, 0.1) is 5.41 Å². The Morgan fingerprint density at radius 2 is 2.18 bits per heavy atom. The number of carboxylic acids is 1. The second-order valence-corrected chi connectivity index (χ2v) is 6.68. The highest BCUT2D eigenvalue weighted by atomic mass is 16.4. The predicted molar refractivity (Wildman–Crippen MR) is 65.8 cm³/mol. The first kappa shape index (κ1) is 11.5. The summed E-state index contributed by atoms with van der Waals surface area (Å²) in [5.41, 5.74) is -0.500. The van der Waals surface area contributed by atoms with Gasteiger partial charge in [0.1, 0.15) is 0 Å². The van der Waals surface area contributed by atoms with Crippen LogP contribution in [0.5, 0.6) is 0 Å². The van der Waals surface area contributed by atoms with Crippen molar-refractivity contribution in [2.45, 2.75) is 51.5 Å². The summed E-state index contributed by atoms with van der Waals surface area (Å²) in [7, 11) is 0. The molecular formula is C14H23NO2. The summed E-state index contributed by atoms with van der Waals surface area (Å²) in [6.45, 7) is 3.82. The second kappa shape index (κ2) is 3.98. The minimum atomic E-state index is -0.606.